The number of rotatable bonds is 3. The Hall–Kier alpha value is -1.73. The van der Waals surface area contributed by atoms with Gasteiger partial charge in [-0.25, -0.2) is 0 Å². The highest BCUT2D eigenvalue weighted by Gasteiger charge is 2.02. The van der Waals surface area contributed by atoms with Crippen LogP contribution in [0.3, 0.4) is 0 Å². The minimum absolute atomic E-state index is 0.0353. The number of benzene rings is 1. The Morgan fingerprint density at radius 1 is 1.47 bits per heavy atom. The van der Waals surface area contributed by atoms with Crippen molar-refractivity contribution in [3.8, 4) is 6.07 Å². The summed E-state index contributed by atoms with van der Waals surface area (Å²) in [6, 6.07) is 9.28. The van der Waals surface area contributed by atoms with E-state index in [1.54, 1.807) is 17.8 Å². The molecule has 0 saturated heterocycles. The Balaban J connectivity index is 2.98. The smallest absolute Gasteiger partial charge is 0.259 e. The fraction of sp³-hybridized carbons (Fsp3) is 0.0909. The summed E-state index contributed by atoms with van der Waals surface area (Å²) in [5.41, 5.74) is 5.78. The molecule has 3 nitrogen and oxygen atoms in total. The highest BCUT2D eigenvalue weighted by atomic mass is 32.2. The molecular formula is C11H10N2OS. The van der Waals surface area contributed by atoms with E-state index in [2.05, 4.69) is 0 Å². The van der Waals surface area contributed by atoms with Gasteiger partial charge < -0.3 is 5.73 Å². The molecule has 0 bridgehead atoms. The molecule has 0 radical (unpaired) electrons. The maximum Gasteiger partial charge on any atom is 0.259 e. The lowest BCUT2D eigenvalue weighted by Crippen LogP contribution is -2.12. The fourth-order valence-electron chi connectivity index (χ4n) is 1.03. The predicted octanol–water partition coefficient (Wildman–Crippen LogP) is 1.80. The third-order valence-corrected chi connectivity index (χ3v) is 2.56. The first-order valence-electron chi connectivity index (χ1n) is 4.23. The second kappa shape index (κ2) is 5.23. The normalized spacial score (nSPS) is 10.8. The van der Waals surface area contributed by atoms with Crippen molar-refractivity contribution in [2.45, 2.75) is 4.90 Å². The molecule has 76 valence electrons. The Labute approximate surface area is 92.6 Å². The molecule has 0 aliphatic carbocycles. The molecule has 1 aromatic carbocycles. The molecule has 1 rings (SSSR count). The molecule has 0 aromatic heterocycles. The summed E-state index contributed by atoms with van der Waals surface area (Å²) in [5, 5.41) is 8.64. The topological polar surface area (TPSA) is 66.9 Å². The number of carbonyl (C=O) groups excluding carboxylic acids is 1. The van der Waals surface area contributed by atoms with E-state index in [0.717, 1.165) is 10.5 Å². The zero-order valence-corrected chi connectivity index (χ0v) is 9.04. The van der Waals surface area contributed by atoms with Crippen molar-refractivity contribution < 1.29 is 4.79 Å². The number of carbonyl (C=O) groups is 1. The summed E-state index contributed by atoms with van der Waals surface area (Å²) >= 11 is 1.63. The predicted molar refractivity (Wildman–Crippen MR) is 61.0 cm³/mol. The molecule has 0 unspecified atom stereocenters. The number of primary amides is 1. The average molecular weight is 218 g/mol. The maximum atomic E-state index is 10.8. The van der Waals surface area contributed by atoms with E-state index in [-0.39, 0.29) is 5.57 Å². The minimum atomic E-state index is -0.702. The molecule has 0 aliphatic heterocycles. The first-order chi connectivity index (χ1) is 7.17. The molecule has 0 aliphatic rings. The second-order valence-corrected chi connectivity index (χ2v) is 3.69. The summed E-state index contributed by atoms with van der Waals surface area (Å²) in [4.78, 5) is 11.9. The van der Waals surface area contributed by atoms with Gasteiger partial charge in [-0.05, 0) is 30.0 Å². The van der Waals surface area contributed by atoms with Gasteiger partial charge in [0, 0.05) is 4.90 Å². The van der Waals surface area contributed by atoms with E-state index < -0.39 is 5.91 Å². The lowest BCUT2D eigenvalue weighted by molar-refractivity contribution is -0.114. The third-order valence-electron chi connectivity index (χ3n) is 1.81. The first kappa shape index (κ1) is 11.3. The van der Waals surface area contributed by atoms with Crippen LogP contribution >= 0.6 is 11.8 Å². The van der Waals surface area contributed by atoms with Crippen molar-refractivity contribution in [2.24, 2.45) is 5.73 Å². The highest BCUT2D eigenvalue weighted by molar-refractivity contribution is 7.98. The van der Waals surface area contributed by atoms with Crippen LogP contribution in [-0.4, -0.2) is 12.2 Å². The largest absolute Gasteiger partial charge is 0.365 e. The van der Waals surface area contributed by atoms with Crippen molar-refractivity contribution in [1.29, 1.82) is 5.26 Å². The van der Waals surface area contributed by atoms with E-state index in [1.165, 1.54) is 6.08 Å². The summed E-state index contributed by atoms with van der Waals surface area (Å²) in [7, 11) is 0. The average Bonchev–Trinajstić information content (AvgIpc) is 2.26. The van der Waals surface area contributed by atoms with Gasteiger partial charge in [0.25, 0.3) is 5.91 Å². The fourth-order valence-corrected chi connectivity index (χ4v) is 1.43. The lowest BCUT2D eigenvalue weighted by atomic mass is 10.1. The third kappa shape index (κ3) is 3.15. The molecule has 1 amide bonds. The molecule has 0 heterocycles. The van der Waals surface area contributed by atoms with Crippen LogP contribution in [0.1, 0.15) is 5.56 Å². The highest BCUT2D eigenvalue weighted by Crippen LogP contribution is 2.16. The van der Waals surface area contributed by atoms with Crippen molar-refractivity contribution in [3.05, 3.63) is 35.4 Å². The van der Waals surface area contributed by atoms with Gasteiger partial charge in [-0.15, -0.1) is 11.8 Å². The maximum absolute atomic E-state index is 10.8. The Kier molecular flexibility index (Phi) is 3.95. The van der Waals surface area contributed by atoms with Crippen molar-refractivity contribution in [2.75, 3.05) is 6.26 Å². The standard InChI is InChI=1S/C11H10N2OS/c1-15-10-4-2-8(3-5-10)6-9(7-12)11(13)14/h2-6H,1H3,(H2,13,14)/b9-6+. The van der Waals surface area contributed by atoms with Crippen LogP contribution in [0.15, 0.2) is 34.7 Å². The monoisotopic (exact) mass is 218 g/mol. The van der Waals surface area contributed by atoms with Crippen LogP contribution in [0.5, 0.6) is 0 Å². The Morgan fingerprint density at radius 2 is 2.07 bits per heavy atom. The number of nitrogens with two attached hydrogens (primary N) is 1. The summed E-state index contributed by atoms with van der Waals surface area (Å²) in [5.74, 6) is -0.702. The molecule has 1 aromatic rings. The van der Waals surface area contributed by atoms with E-state index in [1.807, 2.05) is 30.5 Å². The molecule has 0 atom stereocenters. The van der Waals surface area contributed by atoms with Crippen molar-refractivity contribution >= 4 is 23.7 Å². The summed E-state index contributed by atoms with van der Waals surface area (Å²) < 4.78 is 0. The van der Waals surface area contributed by atoms with E-state index in [4.69, 9.17) is 11.0 Å². The number of thioether (sulfide) groups is 1. The van der Waals surface area contributed by atoms with Crippen LogP contribution < -0.4 is 5.73 Å². The molecule has 0 spiro atoms. The number of nitrogens with zero attached hydrogens (tertiary/aromatic N) is 1. The molecule has 15 heavy (non-hydrogen) atoms. The van der Waals surface area contributed by atoms with Crippen LogP contribution in [0.2, 0.25) is 0 Å². The van der Waals surface area contributed by atoms with Crippen molar-refractivity contribution in [3.63, 3.8) is 0 Å². The van der Waals surface area contributed by atoms with Gasteiger partial charge in [-0.3, -0.25) is 4.79 Å². The molecule has 2 N–H and O–H groups in total. The number of amides is 1. The molecular weight excluding hydrogens is 208 g/mol. The van der Waals surface area contributed by atoms with Gasteiger partial charge in [0.1, 0.15) is 11.6 Å². The SMILES string of the molecule is CSc1ccc(/C=C(\C#N)C(N)=O)cc1. The van der Waals surface area contributed by atoms with E-state index in [0.29, 0.717) is 0 Å². The number of nitriles is 1. The van der Waals surface area contributed by atoms with Crippen molar-refractivity contribution in [1.82, 2.24) is 0 Å². The summed E-state index contributed by atoms with van der Waals surface area (Å²) in [6.07, 6.45) is 3.46. The first-order valence-corrected chi connectivity index (χ1v) is 5.45. The van der Waals surface area contributed by atoms with Crippen LogP contribution in [0, 0.1) is 11.3 Å². The second-order valence-electron chi connectivity index (χ2n) is 2.81. The van der Waals surface area contributed by atoms with Gasteiger partial charge >= 0.3 is 0 Å². The summed E-state index contributed by atoms with van der Waals surface area (Å²) in [6.45, 7) is 0. The van der Waals surface area contributed by atoms with Crippen LogP contribution in [0.4, 0.5) is 0 Å². The minimum Gasteiger partial charge on any atom is -0.365 e. The van der Waals surface area contributed by atoms with E-state index in [9.17, 15) is 4.79 Å². The van der Waals surface area contributed by atoms with Gasteiger partial charge in [-0.1, -0.05) is 12.1 Å². The lowest BCUT2D eigenvalue weighted by Gasteiger charge is -1.97. The zero-order chi connectivity index (χ0) is 11.3. The van der Waals surface area contributed by atoms with E-state index >= 15 is 0 Å². The Bertz CT molecular complexity index is 429. The van der Waals surface area contributed by atoms with Gasteiger partial charge in [0.2, 0.25) is 0 Å². The van der Waals surface area contributed by atoms with Crippen LogP contribution in [-0.2, 0) is 4.79 Å². The van der Waals surface area contributed by atoms with Crippen LogP contribution in [0.25, 0.3) is 6.08 Å². The Morgan fingerprint density at radius 3 is 2.47 bits per heavy atom. The van der Waals surface area contributed by atoms with Gasteiger partial charge in [0.15, 0.2) is 0 Å². The number of hydrogen-bond donors (Lipinski definition) is 1. The van der Waals surface area contributed by atoms with Gasteiger partial charge in [-0.2, -0.15) is 5.26 Å². The molecule has 0 saturated carbocycles. The quantitative estimate of drug-likeness (QED) is 0.478. The van der Waals surface area contributed by atoms with Gasteiger partial charge in [0.05, 0.1) is 0 Å². The number of hydrogen-bond acceptors (Lipinski definition) is 3. The zero-order valence-electron chi connectivity index (χ0n) is 8.23. The molecule has 4 heteroatoms. The molecule has 0 fully saturated rings.